The Hall–Kier alpha value is -2.49. The molecule has 0 amide bonds. The summed E-state index contributed by atoms with van der Waals surface area (Å²) in [5.41, 5.74) is 3.14. The van der Waals surface area contributed by atoms with Crippen LogP contribution in [0.15, 0.2) is 54.9 Å². The van der Waals surface area contributed by atoms with Crippen LogP contribution in [0.2, 0.25) is 0 Å². The van der Waals surface area contributed by atoms with Crippen LogP contribution in [0.5, 0.6) is 0 Å². The van der Waals surface area contributed by atoms with Crippen molar-refractivity contribution in [2.45, 2.75) is 0 Å². The fraction of sp³-hybridized carbons (Fsp3) is 0. The number of halogens is 2. The number of imidazole rings is 1. The standard InChI is InChI=1S/C15H10F2N2/c16-12-5-1-10(2-6-12)14-15(19-9-18-14)11-3-7-13(17)8-4-11/h1-9H,(H,18,19). The molecule has 0 aliphatic rings. The largest absolute Gasteiger partial charge is 0.344 e. The lowest BCUT2D eigenvalue weighted by molar-refractivity contribution is 0.627. The monoisotopic (exact) mass is 256 g/mol. The lowest BCUT2D eigenvalue weighted by Crippen LogP contribution is -1.85. The van der Waals surface area contributed by atoms with Gasteiger partial charge in [-0.2, -0.15) is 0 Å². The Bertz CT molecular complexity index is 625. The predicted octanol–water partition coefficient (Wildman–Crippen LogP) is 4.02. The van der Waals surface area contributed by atoms with E-state index in [-0.39, 0.29) is 11.6 Å². The van der Waals surface area contributed by atoms with E-state index in [0.29, 0.717) is 5.69 Å². The highest BCUT2D eigenvalue weighted by Crippen LogP contribution is 2.28. The smallest absolute Gasteiger partial charge is 0.123 e. The van der Waals surface area contributed by atoms with E-state index < -0.39 is 0 Å². The topological polar surface area (TPSA) is 28.7 Å². The third-order valence-corrected chi connectivity index (χ3v) is 2.89. The molecule has 0 bridgehead atoms. The molecule has 0 fully saturated rings. The zero-order chi connectivity index (χ0) is 13.2. The van der Waals surface area contributed by atoms with E-state index in [2.05, 4.69) is 9.97 Å². The Kier molecular flexibility index (Phi) is 2.83. The van der Waals surface area contributed by atoms with Gasteiger partial charge in [0.15, 0.2) is 0 Å². The quantitative estimate of drug-likeness (QED) is 0.737. The van der Waals surface area contributed by atoms with Crippen LogP contribution in [0, 0.1) is 11.6 Å². The third kappa shape index (κ3) is 2.25. The van der Waals surface area contributed by atoms with Crippen LogP contribution in [0.3, 0.4) is 0 Å². The Morgan fingerprint density at radius 3 is 1.84 bits per heavy atom. The van der Waals surface area contributed by atoms with E-state index in [4.69, 9.17) is 0 Å². The van der Waals surface area contributed by atoms with Gasteiger partial charge >= 0.3 is 0 Å². The maximum atomic E-state index is 12.9. The van der Waals surface area contributed by atoms with Crippen molar-refractivity contribution in [1.82, 2.24) is 9.97 Å². The minimum Gasteiger partial charge on any atom is -0.344 e. The summed E-state index contributed by atoms with van der Waals surface area (Å²) < 4.78 is 25.9. The molecule has 0 aliphatic carbocycles. The number of rotatable bonds is 2. The molecule has 3 aromatic rings. The lowest BCUT2D eigenvalue weighted by Gasteiger charge is -2.03. The number of benzene rings is 2. The van der Waals surface area contributed by atoms with Gasteiger partial charge in [0, 0.05) is 11.1 Å². The van der Waals surface area contributed by atoms with E-state index in [1.54, 1.807) is 30.6 Å². The van der Waals surface area contributed by atoms with Gasteiger partial charge in [-0.25, -0.2) is 13.8 Å². The zero-order valence-corrected chi connectivity index (χ0v) is 9.90. The summed E-state index contributed by atoms with van der Waals surface area (Å²) >= 11 is 0. The van der Waals surface area contributed by atoms with Crippen LogP contribution in [0.25, 0.3) is 22.5 Å². The van der Waals surface area contributed by atoms with Crippen LogP contribution < -0.4 is 0 Å². The predicted molar refractivity (Wildman–Crippen MR) is 69.4 cm³/mol. The highest BCUT2D eigenvalue weighted by Gasteiger charge is 2.10. The Morgan fingerprint density at radius 2 is 1.26 bits per heavy atom. The second-order valence-electron chi connectivity index (χ2n) is 4.14. The Balaban J connectivity index is 2.07. The molecule has 0 aliphatic heterocycles. The highest BCUT2D eigenvalue weighted by molar-refractivity contribution is 5.77. The van der Waals surface area contributed by atoms with Crippen LogP contribution in [0.1, 0.15) is 0 Å². The number of hydrogen-bond acceptors (Lipinski definition) is 1. The van der Waals surface area contributed by atoms with Gasteiger partial charge in [0.1, 0.15) is 11.6 Å². The van der Waals surface area contributed by atoms with Crippen LogP contribution in [-0.4, -0.2) is 9.97 Å². The number of aromatic nitrogens is 2. The number of nitrogens with one attached hydrogen (secondary N) is 1. The molecule has 0 saturated carbocycles. The molecule has 3 rings (SSSR count). The van der Waals surface area contributed by atoms with Gasteiger partial charge in [0.25, 0.3) is 0 Å². The molecule has 0 saturated heterocycles. The molecule has 0 unspecified atom stereocenters. The molecule has 0 atom stereocenters. The third-order valence-electron chi connectivity index (χ3n) is 2.89. The SMILES string of the molecule is Fc1ccc(-c2nc[nH]c2-c2ccc(F)cc2)cc1. The first kappa shape index (κ1) is 11.6. The van der Waals surface area contributed by atoms with E-state index >= 15 is 0 Å². The molecular formula is C15H10F2N2. The molecule has 0 spiro atoms. The maximum Gasteiger partial charge on any atom is 0.123 e. The Morgan fingerprint density at radius 1 is 0.737 bits per heavy atom. The molecule has 94 valence electrons. The van der Waals surface area contributed by atoms with E-state index in [9.17, 15) is 8.78 Å². The van der Waals surface area contributed by atoms with E-state index in [1.165, 1.54) is 24.3 Å². The van der Waals surface area contributed by atoms with Crippen molar-refractivity contribution >= 4 is 0 Å². The molecule has 4 heteroatoms. The van der Waals surface area contributed by atoms with Gasteiger partial charge in [-0.05, 0) is 48.5 Å². The first-order chi connectivity index (χ1) is 9.24. The second kappa shape index (κ2) is 4.65. The molecular weight excluding hydrogens is 246 g/mol. The summed E-state index contributed by atoms with van der Waals surface area (Å²) in [6.07, 6.45) is 1.57. The first-order valence-corrected chi connectivity index (χ1v) is 5.79. The van der Waals surface area contributed by atoms with Crippen molar-refractivity contribution in [3.05, 3.63) is 66.5 Å². The second-order valence-corrected chi connectivity index (χ2v) is 4.14. The van der Waals surface area contributed by atoms with Crippen molar-refractivity contribution in [1.29, 1.82) is 0 Å². The van der Waals surface area contributed by atoms with Crippen molar-refractivity contribution in [2.24, 2.45) is 0 Å². The minimum atomic E-state index is -0.289. The summed E-state index contributed by atoms with van der Waals surface area (Å²) in [5.74, 6) is -0.575. The number of nitrogens with zero attached hydrogens (tertiary/aromatic N) is 1. The molecule has 1 N–H and O–H groups in total. The number of hydrogen-bond donors (Lipinski definition) is 1. The van der Waals surface area contributed by atoms with Gasteiger partial charge in [0.05, 0.1) is 17.7 Å². The fourth-order valence-corrected chi connectivity index (χ4v) is 1.96. The average molecular weight is 256 g/mol. The number of H-pyrrole nitrogens is 1. The van der Waals surface area contributed by atoms with Crippen LogP contribution in [0.4, 0.5) is 8.78 Å². The van der Waals surface area contributed by atoms with Gasteiger partial charge in [-0.3, -0.25) is 0 Å². The van der Waals surface area contributed by atoms with Crippen molar-refractivity contribution in [3.8, 4) is 22.5 Å². The summed E-state index contributed by atoms with van der Waals surface area (Å²) in [4.78, 5) is 7.27. The van der Waals surface area contributed by atoms with E-state index in [0.717, 1.165) is 16.8 Å². The average Bonchev–Trinajstić information content (AvgIpc) is 2.90. The number of aromatic amines is 1. The maximum absolute atomic E-state index is 12.9. The normalized spacial score (nSPS) is 10.6. The first-order valence-electron chi connectivity index (χ1n) is 5.79. The van der Waals surface area contributed by atoms with Crippen LogP contribution in [-0.2, 0) is 0 Å². The van der Waals surface area contributed by atoms with Crippen molar-refractivity contribution in [2.75, 3.05) is 0 Å². The van der Waals surface area contributed by atoms with E-state index in [1.807, 2.05) is 0 Å². The molecule has 0 radical (unpaired) electrons. The van der Waals surface area contributed by atoms with Crippen molar-refractivity contribution < 1.29 is 8.78 Å². The molecule has 1 heterocycles. The minimum absolute atomic E-state index is 0.286. The van der Waals surface area contributed by atoms with Crippen LogP contribution >= 0.6 is 0 Å². The summed E-state index contributed by atoms with van der Waals surface area (Å²) in [5, 5.41) is 0. The molecule has 2 nitrogen and oxygen atoms in total. The summed E-state index contributed by atoms with van der Waals surface area (Å²) in [6, 6.07) is 12.2. The fourth-order valence-electron chi connectivity index (χ4n) is 1.96. The van der Waals surface area contributed by atoms with Gasteiger partial charge in [0.2, 0.25) is 0 Å². The summed E-state index contributed by atoms with van der Waals surface area (Å²) in [7, 11) is 0. The molecule has 1 aromatic heterocycles. The lowest BCUT2D eigenvalue weighted by atomic mass is 10.1. The van der Waals surface area contributed by atoms with Gasteiger partial charge in [-0.15, -0.1) is 0 Å². The van der Waals surface area contributed by atoms with Gasteiger partial charge < -0.3 is 4.98 Å². The molecule has 2 aromatic carbocycles. The zero-order valence-electron chi connectivity index (χ0n) is 9.90. The highest BCUT2D eigenvalue weighted by atomic mass is 19.1. The van der Waals surface area contributed by atoms with Gasteiger partial charge in [-0.1, -0.05) is 0 Å². The van der Waals surface area contributed by atoms with Crippen molar-refractivity contribution in [3.63, 3.8) is 0 Å². The summed E-state index contributed by atoms with van der Waals surface area (Å²) in [6.45, 7) is 0. The molecule has 19 heavy (non-hydrogen) atoms. The Labute approximate surface area is 108 Å².